The normalized spacial score (nSPS) is 23.3. The maximum atomic E-state index is 6.59. The Morgan fingerprint density at radius 2 is 1.84 bits per heavy atom. The van der Waals surface area contributed by atoms with Crippen LogP contribution in [0.25, 0.3) is 22.2 Å². The molecular formula is C24H31ClN6. The third-order valence-electron chi connectivity index (χ3n) is 7.02. The number of hydrogen-bond acceptors (Lipinski definition) is 5. The summed E-state index contributed by atoms with van der Waals surface area (Å²) in [7, 11) is 2.21. The van der Waals surface area contributed by atoms with Crippen molar-refractivity contribution < 1.29 is 0 Å². The number of aromatic amines is 1. The molecule has 0 aromatic carbocycles. The number of nitrogens with two attached hydrogens (primary N) is 1. The third-order valence-corrected chi connectivity index (χ3v) is 7.22. The minimum absolute atomic E-state index is 0.331. The topological polar surface area (TPSA) is 74.1 Å². The van der Waals surface area contributed by atoms with Gasteiger partial charge in [0, 0.05) is 41.5 Å². The highest BCUT2D eigenvalue weighted by atomic mass is 35.5. The molecule has 1 aliphatic carbocycles. The predicted molar refractivity (Wildman–Crippen MR) is 128 cm³/mol. The molecule has 31 heavy (non-hydrogen) atoms. The number of rotatable bonds is 4. The monoisotopic (exact) mass is 438 g/mol. The minimum atomic E-state index is 0.331. The smallest absolute Gasteiger partial charge is 0.137 e. The lowest BCUT2D eigenvalue weighted by Gasteiger charge is -2.44. The van der Waals surface area contributed by atoms with E-state index in [9.17, 15) is 0 Å². The number of fused-ring (bicyclic) bond motifs is 1. The number of H-pyrrole nitrogens is 1. The first-order chi connectivity index (χ1) is 15.1. The van der Waals surface area contributed by atoms with E-state index < -0.39 is 0 Å². The molecule has 3 N–H and O–H groups in total. The lowest BCUT2D eigenvalue weighted by Crippen LogP contribution is -2.51. The number of pyridine rings is 2. The molecule has 6 nitrogen and oxygen atoms in total. The van der Waals surface area contributed by atoms with Crippen LogP contribution < -0.4 is 10.6 Å². The van der Waals surface area contributed by atoms with Crippen molar-refractivity contribution in [1.82, 2.24) is 19.9 Å². The predicted octanol–water partition coefficient (Wildman–Crippen LogP) is 4.45. The summed E-state index contributed by atoms with van der Waals surface area (Å²) >= 11 is 6.59. The average Bonchev–Trinajstić information content (AvgIpc) is 3.21. The second-order valence-electron chi connectivity index (χ2n) is 9.15. The van der Waals surface area contributed by atoms with E-state index in [0.29, 0.717) is 23.3 Å². The van der Waals surface area contributed by atoms with Crippen LogP contribution in [0.5, 0.6) is 0 Å². The van der Waals surface area contributed by atoms with Crippen LogP contribution in [0, 0.1) is 0 Å². The van der Waals surface area contributed by atoms with Crippen LogP contribution in [0.4, 0.5) is 5.82 Å². The maximum Gasteiger partial charge on any atom is 0.137 e. The van der Waals surface area contributed by atoms with E-state index in [1.807, 2.05) is 24.5 Å². The first-order valence-electron chi connectivity index (χ1n) is 11.4. The number of nitrogens with one attached hydrogen (secondary N) is 1. The van der Waals surface area contributed by atoms with E-state index in [1.54, 1.807) is 0 Å². The molecule has 0 radical (unpaired) electrons. The largest absolute Gasteiger partial charge is 0.350 e. The molecule has 2 fully saturated rings. The van der Waals surface area contributed by atoms with Crippen molar-refractivity contribution in [2.45, 2.75) is 56.7 Å². The van der Waals surface area contributed by atoms with Crippen LogP contribution in [0.15, 0.2) is 36.7 Å². The number of nitrogens with zero attached hydrogens (tertiary/aromatic N) is 4. The van der Waals surface area contributed by atoms with Crippen molar-refractivity contribution >= 4 is 28.5 Å². The van der Waals surface area contributed by atoms with Crippen molar-refractivity contribution in [3.63, 3.8) is 0 Å². The summed E-state index contributed by atoms with van der Waals surface area (Å²) in [4.78, 5) is 17.6. The number of anilines is 1. The lowest BCUT2D eigenvalue weighted by atomic mass is 9.88. The summed E-state index contributed by atoms with van der Waals surface area (Å²) < 4.78 is 0. The van der Waals surface area contributed by atoms with Crippen LogP contribution in [-0.2, 0) is 0 Å². The molecule has 0 spiro atoms. The first-order valence-corrected chi connectivity index (χ1v) is 11.8. The number of likely N-dealkylation sites (tertiary alicyclic amines) is 1. The molecule has 7 heteroatoms. The zero-order valence-corrected chi connectivity index (χ0v) is 18.9. The zero-order chi connectivity index (χ0) is 21.4. The van der Waals surface area contributed by atoms with E-state index in [2.05, 4.69) is 38.9 Å². The van der Waals surface area contributed by atoms with Gasteiger partial charge in [0.15, 0.2) is 0 Å². The van der Waals surface area contributed by atoms with Crippen molar-refractivity contribution in [3.8, 4) is 11.1 Å². The van der Waals surface area contributed by atoms with Gasteiger partial charge in [0.05, 0.1) is 0 Å². The molecule has 2 aliphatic rings. The van der Waals surface area contributed by atoms with E-state index >= 15 is 0 Å². The van der Waals surface area contributed by atoms with E-state index in [0.717, 1.165) is 79.6 Å². The third kappa shape index (κ3) is 4.29. The Kier molecular flexibility index (Phi) is 5.87. The Balaban J connectivity index is 1.54. The van der Waals surface area contributed by atoms with E-state index in [1.165, 1.54) is 0 Å². The standard InChI is InChI=1S/C24H31ClN6/c1-30-11-8-19(9-12-30)31(18-6-4-17(26)5-7-18)23-14-16(13-22(25)29-23)21-15-28-24-20(21)3-2-10-27-24/h2-3,10,13-15,17-19H,4-9,11-12,26H2,1H3,(H,27,28). The summed E-state index contributed by atoms with van der Waals surface area (Å²) in [6.07, 6.45) is 10.5. The Labute approximate surface area is 188 Å². The fourth-order valence-corrected chi connectivity index (χ4v) is 5.49. The molecule has 1 aliphatic heterocycles. The van der Waals surface area contributed by atoms with Gasteiger partial charge in [-0.15, -0.1) is 0 Å². The molecule has 164 valence electrons. The van der Waals surface area contributed by atoms with Crippen molar-refractivity contribution in [2.24, 2.45) is 5.73 Å². The first kappa shape index (κ1) is 20.7. The van der Waals surface area contributed by atoms with Gasteiger partial charge in [0.1, 0.15) is 16.6 Å². The van der Waals surface area contributed by atoms with Crippen molar-refractivity contribution in [2.75, 3.05) is 25.0 Å². The molecule has 1 saturated heterocycles. The summed E-state index contributed by atoms with van der Waals surface area (Å²) in [5.41, 5.74) is 9.31. The van der Waals surface area contributed by atoms with E-state index in [-0.39, 0.29) is 0 Å². The van der Waals surface area contributed by atoms with Crippen LogP contribution in [0.1, 0.15) is 38.5 Å². The average molecular weight is 439 g/mol. The molecule has 3 aromatic rings. The summed E-state index contributed by atoms with van der Waals surface area (Å²) in [6.45, 7) is 2.24. The SMILES string of the molecule is CN1CCC(N(c2cc(-c3c[nH]c4ncccc34)cc(Cl)n2)C2CCC(N)CC2)CC1. The molecule has 0 amide bonds. The highest BCUT2D eigenvalue weighted by molar-refractivity contribution is 6.29. The Bertz CT molecular complexity index is 1010. The second kappa shape index (κ2) is 8.77. The number of piperidine rings is 1. The van der Waals surface area contributed by atoms with Gasteiger partial charge in [-0.1, -0.05) is 11.6 Å². The van der Waals surface area contributed by atoms with Crippen LogP contribution in [-0.4, -0.2) is 58.1 Å². The van der Waals surface area contributed by atoms with E-state index in [4.69, 9.17) is 22.3 Å². The minimum Gasteiger partial charge on any atom is -0.350 e. The Hall–Kier alpha value is -2.15. The molecule has 1 saturated carbocycles. The van der Waals surface area contributed by atoms with Gasteiger partial charge in [-0.3, -0.25) is 0 Å². The highest BCUT2D eigenvalue weighted by Gasteiger charge is 2.32. The summed E-state index contributed by atoms with van der Waals surface area (Å²) in [5.74, 6) is 0.996. The van der Waals surface area contributed by atoms with Crippen LogP contribution >= 0.6 is 11.6 Å². The van der Waals surface area contributed by atoms with Gasteiger partial charge in [-0.2, -0.15) is 0 Å². The van der Waals surface area contributed by atoms with Gasteiger partial charge in [0.2, 0.25) is 0 Å². The Morgan fingerprint density at radius 3 is 2.61 bits per heavy atom. The van der Waals surface area contributed by atoms with Gasteiger partial charge in [0.25, 0.3) is 0 Å². The van der Waals surface area contributed by atoms with Crippen LogP contribution in [0.3, 0.4) is 0 Å². The van der Waals surface area contributed by atoms with Crippen molar-refractivity contribution in [3.05, 3.63) is 41.8 Å². The number of hydrogen-bond donors (Lipinski definition) is 2. The maximum absolute atomic E-state index is 6.59. The quantitative estimate of drug-likeness (QED) is 0.588. The highest BCUT2D eigenvalue weighted by Crippen LogP contribution is 2.36. The van der Waals surface area contributed by atoms with Crippen molar-refractivity contribution in [1.29, 1.82) is 0 Å². The summed E-state index contributed by atoms with van der Waals surface area (Å²) in [6, 6.07) is 9.53. The summed E-state index contributed by atoms with van der Waals surface area (Å²) in [5, 5.41) is 1.64. The number of halogens is 1. The molecule has 0 unspecified atom stereocenters. The van der Waals surface area contributed by atoms with Crippen LogP contribution in [0.2, 0.25) is 5.15 Å². The van der Waals surface area contributed by atoms with Gasteiger partial charge >= 0.3 is 0 Å². The number of aromatic nitrogens is 3. The van der Waals surface area contributed by atoms with Gasteiger partial charge < -0.3 is 20.5 Å². The Morgan fingerprint density at radius 1 is 1.10 bits per heavy atom. The molecule has 0 atom stereocenters. The molecule has 4 heterocycles. The fourth-order valence-electron chi connectivity index (χ4n) is 5.29. The zero-order valence-electron chi connectivity index (χ0n) is 18.1. The lowest BCUT2D eigenvalue weighted by molar-refractivity contribution is 0.234. The molecular weight excluding hydrogens is 408 g/mol. The van der Waals surface area contributed by atoms with Gasteiger partial charge in [-0.05, 0) is 88.5 Å². The molecule has 0 bridgehead atoms. The fraction of sp³-hybridized carbons (Fsp3) is 0.500. The molecule has 5 rings (SSSR count). The van der Waals surface area contributed by atoms with Gasteiger partial charge in [-0.25, -0.2) is 9.97 Å². The second-order valence-corrected chi connectivity index (χ2v) is 9.54. The molecule has 3 aromatic heterocycles.